The average molecular weight is 553 g/mol. The Kier molecular flexibility index (Phi) is 5.73. The van der Waals surface area contributed by atoms with E-state index in [-0.39, 0.29) is 18.2 Å². The maximum atomic E-state index is 13.9. The van der Waals surface area contributed by atoms with Crippen LogP contribution in [0.15, 0.2) is 97.1 Å². The first-order valence-electron chi connectivity index (χ1n) is 12.8. The topological polar surface area (TPSA) is 59.1 Å². The smallest absolute Gasteiger partial charge is 0.328 e. The van der Waals surface area contributed by atoms with E-state index in [0.29, 0.717) is 6.29 Å². The van der Waals surface area contributed by atoms with E-state index in [1.165, 1.54) is 4.90 Å². The molecule has 39 heavy (non-hydrogen) atoms. The number of hydrogen-bond acceptors (Lipinski definition) is 4. The highest BCUT2D eigenvalue weighted by atomic mass is 31.1. The fourth-order valence-corrected chi connectivity index (χ4v) is 9.54. The van der Waals surface area contributed by atoms with Crippen molar-refractivity contribution in [2.45, 2.75) is 19.4 Å². The Hall–Kier alpha value is -3.72. The van der Waals surface area contributed by atoms with Crippen LogP contribution in [0, 0.1) is 0 Å². The van der Waals surface area contributed by atoms with E-state index in [1.807, 2.05) is 86.6 Å². The summed E-state index contributed by atoms with van der Waals surface area (Å²) in [5.41, 5.74) is 3.29. The molecule has 0 spiro atoms. The largest absolute Gasteiger partial charge is 0.467 e. The van der Waals surface area contributed by atoms with Crippen LogP contribution in [-0.4, -0.2) is 39.8 Å². The van der Waals surface area contributed by atoms with Crippen LogP contribution in [0.3, 0.4) is 0 Å². The second-order valence-corrected chi connectivity index (χ2v) is 13.7. The fraction of sp³-hybridized carbons (Fsp3) is 0.161. The molecule has 194 valence electrons. The van der Waals surface area contributed by atoms with Crippen LogP contribution in [0.25, 0.3) is 22.3 Å². The molecule has 6 nitrogen and oxygen atoms in total. The third-order valence-electron chi connectivity index (χ3n) is 7.56. The summed E-state index contributed by atoms with van der Waals surface area (Å²) in [5.74, 6) is 1.38. The summed E-state index contributed by atoms with van der Waals surface area (Å²) in [7, 11) is -2.47. The predicted octanol–water partition coefficient (Wildman–Crippen LogP) is 6.51. The van der Waals surface area contributed by atoms with Crippen molar-refractivity contribution in [1.82, 2.24) is 9.80 Å². The molecule has 3 aliphatic heterocycles. The van der Waals surface area contributed by atoms with Crippen LogP contribution in [0.4, 0.5) is 4.79 Å². The van der Waals surface area contributed by atoms with Gasteiger partial charge in [-0.05, 0) is 37.1 Å². The Labute approximate surface area is 229 Å². The minimum Gasteiger partial charge on any atom is -0.467 e. The van der Waals surface area contributed by atoms with Gasteiger partial charge in [-0.15, -0.1) is 0 Å². The highest BCUT2D eigenvalue weighted by Gasteiger charge is 2.53. The van der Waals surface area contributed by atoms with Crippen LogP contribution < -0.4 is 19.7 Å². The van der Waals surface area contributed by atoms with E-state index < -0.39 is 21.8 Å². The van der Waals surface area contributed by atoms with Gasteiger partial charge in [0.25, 0.3) is 5.91 Å². The third kappa shape index (κ3) is 3.85. The number of amides is 3. The first kappa shape index (κ1) is 24.3. The molecule has 0 N–H and O–H groups in total. The van der Waals surface area contributed by atoms with Crippen molar-refractivity contribution in [2.75, 3.05) is 12.6 Å². The Morgan fingerprint density at radius 3 is 1.59 bits per heavy atom. The van der Waals surface area contributed by atoms with Crippen molar-refractivity contribution in [2.24, 2.45) is 0 Å². The van der Waals surface area contributed by atoms with Gasteiger partial charge in [-0.3, -0.25) is 9.69 Å². The Morgan fingerprint density at radius 1 is 0.615 bits per heavy atom. The molecule has 0 aliphatic carbocycles. The van der Waals surface area contributed by atoms with Gasteiger partial charge in [0.15, 0.2) is 0 Å². The van der Waals surface area contributed by atoms with E-state index in [0.717, 1.165) is 44.4 Å². The third-order valence-corrected chi connectivity index (χ3v) is 11.3. The number of para-hydroxylation sites is 2. The summed E-state index contributed by atoms with van der Waals surface area (Å²) in [4.78, 5) is 30.8. The molecule has 3 amide bonds. The molecule has 0 bridgehead atoms. The Bertz CT molecular complexity index is 1640. The second kappa shape index (κ2) is 9.19. The van der Waals surface area contributed by atoms with E-state index in [9.17, 15) is 9.59 Å². The van der Waals surface area contributed by atoms with Crippen LogP contribution >= 0.6 is 16.3 Å². The van der Waals surface area contributed by atoms with Crippen LogP contribution in [-0.2, 0) is 4.79 Å². The lowest BCUT2D eigenvalue weighted by atomic mass is 10.0. The average Bonchev–Trinajstić information content (AvgIpc) is 3.12. The van der Waals surface area contributed by atoms with Crippen molar-refractivity contribution < 1.29 is 18.6 Å². The minimum atomic E-state index is -1.26. The van der Waals surface area contributed by atoms with Crippen molar-refractivity contribution in [3.63, 3.8) is 0 Å². The van der Waals surface area contributed by atoms with Crippen molar-refractivity contribution in [1.29, 1.82) is 0 Å². The fourth-order valence-electron chi connectivity index (χ4n) is 5.46. The monoisotopic (exact) mass is 552 g/mol. The second-order valence-electron chi connectivity index (χ2n) is 10.3. The Balaban J connectivity index is 1.19. The SMILES string of the molecule is CC1(C)C(=O)N(CP2Oc3ccccc3-c3ccccc32)C(=O)N1CP1Oc2ccccc2-c2ccccc21. The number of carbonyl (C=O) groups excluding carboxylic acids is 2. The van der Waals surface area contributed by atoms with Crippen molar-refractivity contribution >= 4 is 38.8 Å². The van der Waals surface area contributed by atoms with Gasteiger partial charge in [0, 0.05) is 21.7 Å². The molecule has 1 fully saturated rings. The van der Waals surface area contributed by atoms with E-state index in [1.54, 1.807) is 4.90 Å². The summed E-state index contributed by atoms with van der Waals surface area (Å²) in [6, 6.07) is 31.9. The maximum Gasteiger partial charge on any atom is 0.328 e. The first-order chi connectivity index (χ1) is 18.9. The highest BCUT2D eigenvalue weighted by Crippen LogP contribution is 2.52. The molecule has 0 aromatic heterocycles. The van der Waals surface area contributed by atoms with E-state index in [2.05, 4.69) is 24.3 Å². The minimum absolute atomic E-state index is 0.205. The highest BCUT2D eigenvalue weighted by molar-refractivity contribution is 7.62. The number of benzene rings is 4. The number of urea groups is 1. The molecule has 4 aromatic rings. The van der Waals surface area contributed by atoms with Crippen LogP contribution in [0.1, 0.15) is 13.8 Å². The summed E-state index contributed by atoms with van der Waals surface area (Å²) in [5, 5.41) is 2.11. The lowest BCUT2D eigenvalue weighted by molar-refractivity contribution is -0.131. The summed E-state index contributed by atoms with van der Waals surface area (Å²) < 4.78 is 12.9. The van der Waals surface area contributed by atoms with E-state index >= 15 is 0 Å². The predicted molar refractivity (Wildman–Crippen MR) is 156 cm³/mol. The van der Waals surface area contributed by atoms with Gasteiger partial charge in [0.2, 0.25) is 0 Å². The van der Waals surface area contributed by atoms with Gasteiger partial charge < -0.3 is 13.9 Å². The van der Waals surface area contributed by atoms with Crippen molar-refractivity contribution in [3.8, 4) is 33.8 Å². The molecule has 0 radical (unpaired) electrons. The molecular formula is C31H26N2O4P2. The zero-order valence-corrected chi connectivity index (χ0v) is 23.4. The van der Waals surface area contributed by atoms with Crippen LogP contribution in [0.5, 0.6) is 11.5 Å². The molecule has 3 aliphatic rings. The zero-order valence-electron chi connectivity index (χ0n) is 21.6. The number of rotatable bonds is 4. The lowest BCUT2D eigenvalue weighted by Crippen LogP contribution is -2.45. The number of imide groups is 1. The molecule has 2 unspecified atom stereocenters. The van der Waals surface area contributed by atoms with Gasteiger partial charge >= 0.3 is 6.03 Å². The zero-order chi connectivity index (χ0) is 26.7. The Morgan fingerprint density at radius 2 is 1.05 bits per heavy atom. The molecule has 3 heterocycles. The number of carbonyl (C=O) groups is 2. The molecule has 1 saturated heterocycles. The van der Waals surface area contributed by atoms with Gasteiger partial charge in [-0.1, -0.05) is 84.9 Å². The van der Waals surface area contributed by atoms with Gasteiger partial charge in [-0.2, -0.15) is 0 Å². The summed E-state index contributed by atoms with van der Waals surface area (Å²) >= 11 is 0. The number of hydrogen-bond donors (Lipinski definition) is 0. The quantitative estimate of drug-likeness (QED) is 0.214. The van der Waals surface area contributed by atoms with Gasteiger partial charge in [-0.25, -0.2) is 4.79 Å². The molecule has 2 atom stereocenters. The van der Waals surface area contributed by atoms with E-state index in [4.69, 9.17) is 9.05 Å². The molecule has 8 heteroatoms. The number of fused-ring (bicyclic) bond motifs is 6. The molecule has 0 saturated carbocycles. The van der Waals surface area contributed by atoms with Crippen LogP contribution in [0.2, 0.25) is 0 Å². The van der Waals surface area contributed by atoms with Crippen molar-refractivity contribution in [3.05, 3.63) is 97.1 Å². The summed E-state index contributed by atoms with van der Waals surface area (Å²) in [6.07, 6.45) is 0.531. The molecule has 7 rings (SSSR count). The van der Waals surface area contributed by atoms with Gasteiger partial charge in [0.05, 0.1) is 12.6 Å². The lowest BCUT2D eigenvalue weighted by Gasteiger charge is -2.34. The molecular weight excluding hydrogens is 526 g/mol. The number of nitrogens with zero attached hydrogens (tertiary/aromatic N) is 2. The summed E-state index contributed by atoms with van der Waals surface area (Å²) in [6.45, 7) is 3.65. The maximum absolute atomic E-state index is 13.9. The molecule has 4 aromatic carbocycles. The first-order valence-corrected chi connectivity index (χ1v) is 15.7. The van der Waals surface area contributed by atoms with Gasteiger partial charge in [0.1, 0.15) is 33.3 Å². The standard InChI is InChI=1S/C31H26N2O4P2/c1-31(2)29(34)32(19-38-27-17-9-5-13-23(27)21-11-3-7-15-25(21)36-38)30(35)33(31)20-39-28-18-10-6-14-24(28)22-12-4-8-16-26(22)37-39/h3-18H,19-20H2,1-2H3. The normalized spacial score (nSPS) is 20.4.